The van der Waals surface area contributed by atoms with Gasteiger partial charge in [-0.25, -0.2) is 9.13 Å². The fourth-order valence-corrected chi connectivity index (χ4v) is 13.1. The number of carbonyl (C=O) groups is 3. The van der Waals surface area contributed by atoms with Crippen molar-refractivity contribution >= 4 is 33.6 Å². The minimum atomic E-state index is -4.93. The molecule has 0 rings (SSSR count). The van der Waals surface area contributed by atoms with E-state index in [0.29, 0.717) is 19.3 Å². The monoisotopic (exact) mass is 1540 g/mol. The highest BCUT2D eigenvalue weighted by Crippen LogP contribution is 2.45. The number of aliphatic hydroxyl groups is 2. The van der Waals surface area contributed by atoms with E-state index in [0.717, 1.165) is 154 Å². The third kappa shape index (κ3) is 82.5. The molecule has 0 aliphatic carbocycles. The molecule has 0 aromatic heterocycles. The minimum Gasteiger partial charge on any atom is -0.463 e. The molecule has 0 saturated carbocycles. The third-order valence-electron chi connectivity index (χ3n) is 17.9. The lowest BCUT2D eigenvalue weighted by molar-refractivity contribution is -0.161. The van der Waals surface area contributed by atoms with Gasteiger partial charge in [0.2, 0.25) is 0 Å². The van der Waals surface area contributed by atoms with Crippen LogP contribution in [-0.2, 0) is 55.8 Å². The minimum absolute atomic E-state index is 0.105. The highest BCUT2D eigenvalue weighted by Gasteiger charge is 2.29. The SMILES string of the molecule is CC/C=C\C/C=C\C/C=C\C/C=C\C/C=C\C/C=C\CCCCCCCCCCCCCCCCC(=O)OCC(O)COP(=O)(O)OCC(O)COP(=O)(O)OCC(COC(=O)CCCCCCCCCCC/C=C\C/C=C\C/C=C\C/C=C\C/C=C\CC)OC(=O)CCCCCCCCCCCCCCC. The van der Waals surface area contributed by atoms with Gasteiger partial charge >= 0.3 is 33.6 Å². The smallest absolute Gasteiger partial charge is 0.463 e. The summed E-state index contributed by atoms with van der Waals surface area (Å²) in [6, 6.07) is 0. The molecule has 5 unspecified atom stereocenters. The number of hydrogen-bond donors (Lipinski definition) is 4. The van der Waals surface area contributed by atoms with Crippen LogP contribution in [0.4, 0.5) is 0 Å². The Hall–Kier alpha value is -4.31. The maximum atomic E-state index is 13.0. The number of esters is 3. The van der Waals surface area contributed by atoms with Crippen molar-refractivity contribution in [1.82, 2.24) is 0 Å². The van der Waals surface area contributed by atoms with Crippen molar-refractivity contribution in [2.75, 3.05) is 39.6 Å². The highest BCUT2D eigenvalue weighted by atomic mass is 31.2. The van der Waals surface area contributed by atoms with Gasteiger partial charge in [-0.05, 0) is 116 Å². The Morgan fingerprint density at radius 1 is 0.271 bits per heavy atom. The van der Waals surface area contributed by atoms with Crippen molar-refractivity contribution in [2.45, 2.75) is 373 Å². The van der Waals surface area contributed by atoms with E-state index in [9.17, 15) is 43.5 Å². The Kier molecular flexibility index (Phi) is 77.9. The normalized spacial score (nSPS) is 14.6. The maximum absolute atomic E-state index is 13.0. The topological polar surface area (TPSA) is 231 Å². The first-order valence-electron chi connectivity index (χ1n) is 42.5. The molecule has 16 nitrogen and oxygen atoms in total. The summed E-state index contributed by atoms with van der Waals surface area (Å²) in [4.78, 5) is 58.7. The van der Waals surface area contributed by atoms with Gasteiger partial charge in [0.25, 0.3) is 0 Å². The number of rotatable bonds is 80. The molecule has 0 heterocycles. The standard InChI is InChI=1S/C89H154O16P2/c1-4-7-10-13-16-19-22-25-27-29-31-33-35-37-38-39-40-41-42-43-44-46-48-49-51-53-55-58-60-63-66-69-72-75-87(92)99-78-84(90)79-101-106(95,96)102-80-85(91)81-103-107(97,98)104-83-86(105-89(94)77-74-71-68-65-62-57-24-21-18-15-12-9-6-3)82-100-88(93)76-73-70-67-64-61-59-56-54-52-50-47-45-36-34-32-30-28-26-23-20-17-14-11-8-5-2/h7-8,10-11,16-17,19-20,25-28,31-34,37-38,40-41,45,47,84-86,90-91H,4-6,9,12-15,18,21-24,29-30,35-36,39,42-44,46,48-83H2,1-3H3,(H,95,96)(H,97,98)/b10-7-,11-8-,19-16-,20-17-,27-25-,28-26-,33-31-,34-32-,38-37-,41-40-,47-45-. The number of ether oxygens (including phenoxy) is 3. The van der Waals surface area contributed by atoms with E-state index >= 15 is 0 Å². The Morgan fingerprint density at radius 3 is 0.785 bits per heavy atom. The Labute approximate surface area is 652 Å². The zero-order valence-corrected chi connectivity index (χ0v) is 69.3. The van der Waals surface area contributed by atoms with Crippen LogP contribution in [0.5, 0.6) is 0 Å². The number of aliphatic hydroxyl groups excluding tert-OH is 2. The van der Waals surface area contributed by atoms with Crippen molar-refractivity contribution < 1.29 is 75.8 Å². The summed E-state index contributed by atoms with van der Waals surface area (Å²) in [6.45, 7) is 2.48. The van der Waals surface area contributed by atoms with Crippen LogP contribution >= 0.6 is 15.6 Å². The van der Waals surface area contributed by atoms with Crippen molar-refractivity contribution in [1.29, 1.82) is 0 Å². The zero-order valence-electron chi connectivity index (χ0n) is 67.5. The van der Waals surface area contributed by atoms with E-state index in [1.54, 1.807) is 0 Å². The van der Waals surface area contributed by atoms with Crippen molar-refractivity contribution in [3.05, 3.63) is 134 Å². The van der Waals surface area contributed by atoms with E-state index in [2.05, 4.69) is 154 Å². The predicted molar refractivity (Wildman–Crippen MR) is 445 cm³/mol. The van der Waals surface area contributed by atoms with Crippen LogP contribution in [0.1, 0.15) is 355 Å². The molecule has 0 amide bonds. The van der Waals surface area contributed by atoms with Gasteiger partial charge in [-0.2, -0.15) is 0 Å². The van der Waals surface area contributed by atoms with Crippen LogP contribution < -0.4 is 0 Å². The molecule has 5 atom stereocenters. The summed E-state index contributed by atoms with van der Waals surface area (Å²) in [6.07, 6.45) is 99.3. The molecule has 616 valence electrons. The third-order valence-corrected chi connectivity index (χ3v) is 19.8. The number of phosphoric acid groups is 2. The Balaban J connectivity index is 4.43. The molecule has 0 radical (unpaired) electrons. The van der Waals surface area contributed by atoms with Crippen molar-refractivity contribution in [3.63, 3.8) is 0 Å². The molecule has 0 aliphatic heterocycles. The maximum Gasteiger partial charge on any atom is 0.472 e. The molecule has 18 heteroatoms. The average molecular weight is 1540 g/mol. The first kappa shape index (κ1) is 103. The van der Waals surface area contributed by atoms with Gasteiger partial charge in [0.15, 0.2) is 6.10 Å². The van der Waals surface area contributed by atoms with Crippen LogP contribution in [-0.4, -0.2) is 95.9 Å². The quantitative estimate of drug-likeness (QED) is 0.0146. The second-order valence-corrected chi connectivity index (χ2v) is 31.1. The van der Waals surface area contributed by atoms with E-state index in [-0.39, 0.29) is 19.3 Å². The van der Waals surface area contributed by atoms with Crippen LogP contribution in [0.15, 0.2) is 134 Å². The van der Waals surface area contributed by atoms with Gasteiger partial charge in [-0.15, -0.1) is 0 Å². The van der Waals surface area contributed by atoms with Gasteiger partial charge in [0.05, 0.1) is 26.4 Å². The fraction of sp³-hybridized carbons (Fsp3) is 0.719. The lowest BCUT2D eigenvalue weighted by Gasteiger charge is -2.21. The van der Waals surface area contributed by atoms with Crippen molar-refractivity contribution in [3.8, 4) is 0 Å². The number of unbranched alkanes of at least 4 members (excludes halogenated alkanes) is 35. The summed E-state index contributed by atoms with van der Waals surface area (Å²) in [5.74, 6) is -1.57. The average Bonchev–Trinajstić information content (AvgIpc) is 0.908. The molecule has 0 aromatic carbocycles. The first-order valence-corrected chi connectivity index (χ1v) is 45.5. The second kappa shape index (κ2) is 81.2. The van der Waals surface area contributed by atoms with Crippen LogP contribution in [0.3, 0.4) is 0 Å². The van der Waals surface area contributed by atoms with Gasteiger partial charge in [0, 0.05) is 19.3 Å². The molecular weight excluding hydrogens is 1390 g/mol. The number of carbonyl (C=O) groups excluding carboxylic acids is 3. The van der Waals surface area contributed by atoms with E-state index in [1.165, 1.54) is 141 Å². The molecule has 0 aliphatic rings. The number of allylic oxidation sites excluding steroid dienone is 22. The largest absolute Gasteiger partial charge is 0.472 e. The molecule has 0 aromatic rings. The zero-order chi connectivity index (χ0) is 78.0. The summed E-state index contributed by atoms with van der Waals surface area (Å²) in [5, 5.41) is 20.7. The Morgan fingerprint density at radius 2 is 0.495 bits per heavy atom. The summed E-state index contributed by atoms with van der Waals surface area (Å²) < 4.78 is 61.2. The van der Waals surface area contributed by atoms with Gasteiger partial charge < -0.3 is 34.2 Å². The van der Waals surface area contributed by atoms with E-state index < -0.39 is 91.5 Å². The van der Waals surface area contributed by atoms with Gasteiger partial charge in [0.1, 0.15) is 25.4 Å². The fourth-order valence-electron chi connectivity index (χ4n) is 11.5. The Bertz CT molecular complexity index is 2480. The molecule has 0 saturated heterocycles. The lowest BCUT2D eigenvalue weighted by Crippen LogP contribution is -2.30. The highest BCUT2D eigenvalue weighted by molar-refractivity contribution is 7.47. The van der Waals surface area contributed by atoms with Gasteiger partial charge in [-0.1, -0.05) is 353 Å². The number of hydrogen-bond acceptors (Lipinski definition) is 14. The molecular formula is C89H154O16P2. The van der Waals surface area contributed by atoms with Crippen molar-refractivity contribution in [2.24, 2.45) is 0 Å². The molecule has 4 N–H and O–H groups in total. The van der Waals surface area contributed by atoms with Crippen LogP contribution in [0, 0.1) is 0 Å². The predicted octanol–water partition coefficient (Wildman–Crippen LogP) is 25.4. The van der Waals surface area contributed by atoms with Gasteiger partial charge in [-0.3, -0.25) is 32.5 Å². The summed E-state index contributed by atoms with van der Waals surface area (Å²) in [7, 11) is -9.79. The molecule has 0 fully saturated rings. The number of phosphoric ester groups is 2. The molecule has 107 heavy (non-hydrogen) atoms. The van der Waals surface area contributed by atoms with E-state index in [1.807, 2.05) is 0 Å². The summed E-state index contributed by atoms with van der Waals surface area (Å²) in [5.41, 5.74) is 0. The van der Waals surface area contributed by atoms with Crippen LogP contribution in [0.2, 0.25) is 0 Å². The molecule has 0 spiro atoms. The lowest BCUT2D eigenvalue weighted by atomic mass is 10.0. The summed E-state index contributed by atoms with van der Waals surface area (Å²) >= 11 is 0. The van der Waals surface area contributed by atoms with E-state index in [4.69, 9.17) is 32.3 Å². The first-order chi connectivity index (χ1) is 52.2. The second-order valence-electron chi connectivity index (χ2n) is 28.2. The molecule has 0 bridgehead atoms. The van der Waals surface area contributed by atoms with Crippen LogP contribution in [0.25, 0.3) is 0 Å².